The number of amides is 1. The summed E-state index contributed by atoms with van der Waals surface area (Å²) < 4.78 is 11.5. The van der Waals surface area contributed by atoms with Gasteiger partial charge in [0.2, 0.25) is 5.91 Å². The van der Waals surface area contributed by atoms with E-state index < -0.39 is 0 Å². The molecule has 7 nitrogen and oxygen atoms in total. The van der Waals surface area contributed by atoms with E-state index in [-0.39, 0.29) is 29.9 Å². The van der Waals surface area contributed by atoms with Crippen molar-refractivity contribution in [3.63, 3.8) is 0 Å². The molecule has 2 N–H and O–H groups in total. The normalized spacial score (nSPS) is 12.9. The van der Waals surface area contributed by atoms with Crippen molar-refractivity contribution in [2.45, 2.75) is 17.7 Å². The Morgan fingerprint density at radius 3 is 2.59 bits per heavy atom. The second kappa shape index (κ2) is 14.1. The van der Waals surface area contributed by atoms with Gasteiger partial charge in [0, 0.05) is 55.9 Å². The van der Waals surface area contributed by atoms with E-state index in [0.717, 1.165) is 35.9 Å². The molecular formula is C23H31IN4O3S. The molecule has 2 aromatic carbocycles. The topological polar surface area (TPSA) is 75.2 Å². The molecule has 3 rings (SSSR count). The zero-order valence-corrected chi connectivity index (χ0v) is 21.7. The summed E-state index contributed by atoms with van der Waals surface area (Å²) >= 11 is 1.78. The maximum Gasteiger partial charge on any atom is 0.223 e. The van der Waals surface area contributed by atoms with E-state index in [0.29, 0.717) is 32.1 Å². The fourth-order valence-electron chi connectivity index (χ4n) is 2.86. The van der Waals surface area contributed by atoms with Crippen molar-refractivity contribution in [3.8, 4) is 11.5 Å². The summed E-state index contributed by atoms with van der Waals surface area (Å²) in [6, 6.07) is 16.1. The van der Waals surface area contributed by atoms with E-state index in [9.17, 15) is 4.79 Å². The van der Waals surface area contributed by atoms with Crippen LogP contribution >= 0.6 is 35.7 Å². The number of ether oxygens (including phenoxy) is 2. The van der Waals surface area contributed by atoms with Gasteiger partial charge in [-0.05, 0) is 24.3 Å². The molecule has 0 atom stereocenters. The third kappa shape index (κ3) is 8.78. The van der Waals surface area contributed by atoms with Crippen molar-refractivity contribution in [3.05, 3.63) is 48.5 Å². The zero-order chi connectivity index (χ0) is 21.9. The number of benzene rings is 2. The summed E-state index contributed by atoms with van der Waals surface area (Å²) in [5.41, 5.74) is 0.852. The van der Waals surface area contributed by atoms with Gasteiger partial charge >= 0.3 is 0 Å². The van der Waals surface area contributed by atoms with Crippen molar-refractivity contribution in [2.75, 3.05) is 51.5 Å². The van der Waals surface area contributed by atoms with Gasteiger partial charge in [0.1, 0.15) is 0 Å². The van der Waals surface area contributed by atoms with Crippen molar-refractivity contribution in [1.29, 1.82) is 0 Å². The van der Waals surface area contributed by atoms with Crippen LogP contribution in [0, 0.1) is 0 Å². The molecule has 1 aliphatic rings. The van der Waals surface area contributed by atoms with Gasteiger partial charge in [0.15, 0.2) is 17.5 Å². The van der Waals surface area contributed by atoms with Crippen molar-refractivity contribution >= 4 is 53.3 Å². The second-order valence-electron chi connectivity index (χ2n) is 7.19. The molecule has 0 spiro atoms. The zero-order valence-electron chi connectivity index (χ0n) is 18.5. The quantitative estimate of drug-likeness (QED) is 0.164. The van der Waals surface area contributed by atoms with Gasteiger partial charge < -0.3 is 25.0 Å². The number of carbonyl (C=O) groups is 1. The Hall–Kier alpha value is -2.14. The Morgan fingerprint density at radius 2 is 1.84 bits per heavy atom. The number of fused-ring (bicyclic) bond motifs is 1. The van der Waals surface area contributed by atoms with Gasteiger partial charge in [-0.2, -0.15) is 0 Å². The molecule has 1 amide bonds. The number of nitrogens with one attached hydrogen (secondary N) is 2. The number of nitrogens with zero attached hydrogens (tertiary/aromatic N) is 2. The summed E-state index contributed by atoms with van der Waals surface area (Å²) in [7, 11) is 3.50. The van der Waals surface area contributed by atoms with E-state index in [2.05, 4.69) is 27.8 Å². The van der Waals surface area contributed by atoms with Gasteiger partial charge in [0.25, 0.3) is 0 Å². The number of thioether (sulfide) groups is 1. The maximum atomic E-state index is 11.9. The lowest BCUT2D eigenvalue weighted by molar-refractivity contribution is -0.128. The molecule has 2 aromatic rings. The fraction of sp³-hybridized carbons (Fsp3) is 0.391. The van der Waals surface area contributed by atoms with E-state index in [1.54, 1.807) is 30.8 Å². The Labute approximate surface area is 211 Å². The Kier molecular flexibility index (Phi) is 11.5. The van der Waals surface area contributed by atoms with Crippen LogP contribution in [0.2, 0.25) is 0 Å². The molecule has 0 aromatic heterocycles. The first-order chi connectivity index (χ1) is 15.1. The lowest BCUT2D eigenvalue weighted by Gasteiger charge is -2.15. The third-order valence-corrected chi connectivity index (χ3v) is 5.52. The van der Waals surface area contributed by atoms with Crippen LogP contribution in [-0.4, -0.2) is 62.9 Å². The molecule has 0 unspecified atom stereocenters. The summed E-state index contributed by atoms with van der Waals surface area (Å²) in [6.07, 6.45) is 1.23. The van der Waals surface area contributed by atoms with Crippen LogP contribution in [0.15, 0.2) is 58.4 Å². The van der Waals surface area contributed by atoms with E-state index in [4.69, 9.17) is 9.47 Å². The molecule has 0 fully saturated rings. The molecule has 0 aliphatic carbocycles. The summed E-state index contributed by atoms with van der Waals surface area (Å²) in [4.78, 5) is 19.3. The second-order valence-corrected chi connectivity index (χ2v) is 8.36. The minimum atomic E-state index is 0. The summed E-state index contributed by atoms with van der Waals surface area (Å²) in [6.45, 7) is 2.44. The maximum absolute atomic E-state index is 11.9. The fourth-order valence-corrected chi connectivity index (χ4v) is 3.65. The Bertz CT molecular complexity index is 881. The smallest absolute Gasteiger partial charge is 0.223 e. The monoisotopic (exact) mass is 570 g/mol. The minimum Gasteiger partial charge on any atom is -0.490 e. The Balaban J connectivity index is 0.00000363. The van der Waals surface area contributed by atoms with Crippen LogP contribution in [0.3, 0.4) is 0 Å². The van der Waals surface area contributed by atoms with Crippen LogP contribution in [0.1, 0.15) is 12.8 Å². The number of anilines is 1. The van der Waals surface area contributed by atoms with E-state index in [1.165, 1.54) is 4.90 Å². The van der Waals surface area contributed by atoms with Crippen molar-refractivity contribution in [1.82, 2.24) is 10.2 Å². The Morgan fingerprint density at radius 1 is 1.09 bits per heavy atom. The number of hydrogen-bond acceptors (Lipinski definition) is 5. The molecule has 9 heteroatoms. The van der Waals surface area contributed by atoms with E-state index in [1.807, 2.05) is 36.4 Å². The van der Waals surface area contributed by atoms with Gasteiger partial charge in [-0.25, -0.2) is 0 Å². The summed E-state index contributed by atoms with van der Waals surface area (Å²) in [5, 5.41) is 6.68. The standard InChI is InChI=1S/C23H30N4O3S.HI/c1-27(2)22(28)11-12-24-23(25-13-16-31-19-7-4-3-5-8-19)26-18-9-10-20-21(17-18)30-15-6-14-29-20;/h3-5,7-10,17H,6,11-16H2,1-2H3,(H2,24,25,26);1H. The average Bonchev–Trinajstić information content (AvgIpc) is 3.02. The molecular weight excluding hydrogens is 539 g/mol. The molecule has 174 valence electrons. The van der Waals surface area contributed by atoms with Crippen LogP contribution in [0.5, 0.6) is 11.5 Å². The minimum absolute atomic E-state index is 0. The number of aliphatic imine (C=N–C) groups is 1. The highest BCUT2D eigenvalue weighted by molar-refractivity contribution is 14.0. The van der Waals surface area contributed by atoms with Gasteiger partial charge in [-0.3, -0.25) is 9.79 Å². The van der Waals surface area contributed by atoms with Crippen molar-refractivity contribution in [2.24, 2.45) is 4.99 Å². The average molecular weight is 570 g/mol. The summed E-state index contributed by atoms with van der Waals surface area (Å²) in [5.74, 6) is 3.06. The molecule has 1 aliphatic heterocycles. The van der Waals surface area contributed by atoms with Crippen LogP contribution in [-0.2, 0) is 4.79 Å². The van der Waals surface area contributed by atoms with Crippen LogP contribution in [0.25, 0.3) is 0 Å². The first-order valence-corrected chi connectivity index (χ1v) is 11.4. The lowest BCUT2D eigenvalue weighted by atomic mass is 10.2. The first-order valence-electron chi connectivity index (χ1n) is 10.4. The van der Waals surface area contributed by atoms with Crippen molar-refractivity contribution < 1.29 is 14.3 Å². The molecule has 32 heavy (non-hydrogen) atoms. The predicted molar refractivity (Wildman–Crippen MR) is 142 cm³/mol. The molecule has 0 saturated carbocycles. The third-order valence-electron chi connectivity index (χ3n) is 4.51. The lowest BCUT2D eigenvalue weighted by Crippen LogP contribution is -2.33. The highest BCUT2D eigenvalue weighted by atomic mass is 127. The van der Waals surface area contributed by atoms with Gasteiger partial charge in [-0.15, -0.1) is 35.7 Å². The molecule has 0 saturated heterocycles. The molecule has 1 heterocycles. The first kappa shape index (κ1) is 26.1. The number of hydrogen-bond donors (Lipinski definition) is 2. The predicted octanol–water partition coefficient (Wildman–Crippen LogP) is 4.09. The molecule has 0 radical (unpaired) electrons. The molecule has 0 bridgehead atoms. The SMILES string of the molecule is CN(C)C(=O)CCN=C(NCCSc1ccccc1)Nc1ccc2c(c1)OCCCO2.I. The number of carbonyl (C=O) groups excluding carboxylic acids is 1. The highest BCUT2D eigenvalue weighted by Gasteiger charge is 2.12. The van der Waals surface area contributed by atoms with Crippen LogP contribution in [0.4, 0.5) is 5.69 Å². The van der Waals surface area contributed by atoms with E-state index >= 15 is 0 Å². The largest absolute Gasteiger partial charge is 0.490 e. The van der Waals surface area contributed by atoms with Gasteiger partial charge in [0.05, 0.1) is 19.8 Å². The number of guanidine groups is 1. The van der Waals surface area contributed by atoms with Gasteiger partial charge in [-0.1, -0.05) is 18.2 Å². The van der Waals surface area contributed by atoms with Crippen LogP contribution < -0.4 is 20.1 Å². The number of halogens is 1. The highest BCUT2D eigenvalue weighted by Crippen LogP contribution is 2.32. The number of rotatable bonds is 8.